The number of nitrogens with two attached hydrogens (primary N) is 1. The van der Waals surface area contributed by atoms with Crippen LogP contribution in [0.5, 0.6) is 0 Å². The van der Waals surface area contributed by atoms with E-state index in [9.17, 15) is 0 Å². The number of nitrogens with zero attached hydrogens (tertiary/aromatic N) is 2. The smallest absolute Gasteiger partial charge is 0.0762 e. The zero-order valence-electron chi connectivity index (χ0n) is 10.8. The third-order valence-electron chi connectivity index (χ3n) is 2.97. The molecule has 0 radical (unpaired) electrons. The van der Waals surface area contributed by atoms with Crippen molar-refractivity contribution in [2.24, 2.45) is 12.8 Å². The van der Waals surface area contributed by atoms with Gasteiger partial charge in [0.15, 0.2) is 0 Å². The van der Waals surface area contributed by atoms with Crippen molar-refractivity contribution in [1.82, 2.24) is 9.78 Å². The predicted octanol–water partition coefficient (Wildman–Crippen LogP) is 1.77. The van der Waals surface area contributed by atoms with Gasteiger partial charge < -0.3 is 11.1 Å². The Bertz CT molecular complexity index is 476. The highest BCUT2D eigenvalue weighted by atomic mass is 15.3. The first-order chi connectivity index (χ1) is 8.81. The first-order valence-corrected chi connectivity index (χ1v) is 6.30. The Morgan fingerprint density at radius 1 is 1.28 bits per heavy atom. The Kier molecular flexibility index (Phi) is 4.36. The van der Waals surface area contributed by atoms with Crippen LogP contribution in [0, 0.1) is 0 Å². The van der Waals surface area contributed by atoms with Crippen LogP contribution in [0.3, 0.4) is 0 Å². The average Bonchev–Trinajstić information content (AvgIpc) is 2.73. The summed E-state index contributed by atoms with van der Waals surface area (Å²) < 4.78 is 1.93. The van der Waals surface area contributed by atoms with Crippen molar-refractivity contribution in [3.8, 4) is 0 Å². The van der Waals surface area contributed by atoms with E-state index in [2.05, 4.69) is 34.7 Å². The maximum Gasteiger partial charge on any atom is 0.0762 e. The molecule has 1 aromatic heterocycles. The molecule has 2 rings (SSSR count). The van der Waals surface area contributed by atoms with E-state index in [1.807, 2.05) is 24.0 Å². The molecular weight excluding hydrogens is 224 g/mol. The summed E-state index contributed by atoms with van der Waals surface area (Å²) in [5.41, 5.74) is 9.11. The third kappa shape index (κ3) is 3.11. The lowest BCUT2D eigenvalue weighted by Gasteiger charge is -2.08. The number of nitrogens with one attached hydrogen (secondary N) is 1. The monoisotopic (exact) mass is 244 g/mol. The van der Waals surface area contributed by atoms with Crippen LogP contribution in [-0.4, -0.2) is 22.9 Å². The zero-order valence-corrected chi connectivity index (χ0v) is 10.8. The van der Waals surface area contributed by atoms with Crippen molar-refractivity contribution in [2.45, 2.75) is 12.8 Å². The molecule has 1 heterocycles. The minimum absolute atomic E-state index is 0.710. The van der Waals surface area contributed by atoms with Gasteiger partial charge in [-0.15, -0.1) is 0 Å². The fraction of sp³-hybridized carbons (Fsp3) is 0.357. The van der Waals surface area contributed by atoms with Gasteiger partial charge in [0.25, 0.3) is 0 Å². The van der Waals surface area contributed by atoms with Gasteiger partial charge in [-0.2, -0.15) is 5.10 Å². The molecule has 1 aromatic carbocycles. The fourth-order valence-corrected chi connectivity index (χ4v) is 1.93. The van der Waals surface area contributed by atoms with Crippen molar-refractivity contribution in [3.05, 3.63) is 47.8 Å². The van der Waals surface area contributed by atoms with Crippen LogP contribution in [0.1, 0.15) is 17.7 Å². The topological polar surface area (TPSA) is 55.9 Å². The van der Waals surface area contributed by atoms with Crippen molar-refractivity contribution in [1.29, 1.82) is 0 Å². The van der Waals surface area contributed by atoms with Gasteiger partial charge in [-0.3, -0.25) is 4.68 Å². The number of aryl methyl sites for hydroxylation is 1. The molecule has 0 atom stereocenters. The molecule has 0 aliphatic carbocycles. The second-order valence-corrected chi connectivity index (χ2v) is 4.36. The lowest BCUT2D eigenvalue weighted by atomic mass is 10.1. The summed E-state index contributed by atoms with van der Waals surface area (Å²) in [5, 5.41) is 7.71. The van der Waals surface area contributed by atoms with Gasteiger partial charge in [-0.05, 0) is 18.5 Å². The molecule has 3 N–H and O–H groups in total. The molecule has 4 nitrogen and oxygen atoms in total. The van der Waals surface area contributed by atoms with E-state index in [4.69, 9.17) is 5.73 Å². The second-order valence-electron chi connectivity index (χ2n) is 4.36. The van der Waals surface area contributed by atoms with E-state index in [0.29, 0.717) is 6.54 Å². The molecule has 0 spiro atoms. The lowest BCUT2D eigenvalue weighted by Crippen LogP contribution is -2.10. The summed E-state index contributed by atoms with van der Waals surface area (Å²) >= 11 is 0. The molecule has 4 heteroatoms. The van der Waals surface area contributed by atoms with Crippen LogP contribution in [0.15, 0.2) is 36.5 Å². The minimum atomic E-state index is 0.710. The highest BCUT2D eigenvalue weighted by Gasteiger charge is 2.08. The summed E-state index contributed by atoms with van der Waals surface area (Å²) in [7, 11) is 1.98. The lowest BCUT2D eigenvalue weighted by molar-refractivity contribution is 0.724. The number of hydrogen-bond acceptors (Lipinski definition) is 3. The number of rotatable bonds is 6. The molecule has 2 aromatic rings. The summed E-state index contributed by atoms with van der Waals surface area (Å²) in [6.07, 6.45) is 3.75. The van der Waals surface area contributed by atoms with Crippen LogP contribution < -0.4 is 11.1 Å². The minimum Gasteiger partial charge on any atom is -0.382 e. The van der Waals surface area contributed by atoms with Gasteiger partial charge in [-0.1, -0.05) is 30.3 Å². The molecule has 0 aliphatic rings. The summed E-state index contributed by atoms with van der Waals surface area (Å²) in [6.45, 7) is 1.60. The molecule has 0 unspecified atom stereocenters. The van der Waals surface area contributed by atoms with Crippen molar-refractivity contribution < 1.29 is 0 Å². The molecule has 0 aliphatic heterocycles. The molecule has 0 fully saturated rings. The van der Waals surface area contributed by atoms with Gasteiger partial charge in [0, 0.05) is 20.0 Å². The molecular formula is C14H20N4. The van der Waals surface area contributed by atoms with Gasteiger partial charge in [0.1, 0.15) is 0 Å². The van der Waals surface area contributed by atoms with Crippen molar-refractivity contribution in [2.75, 3.05) is 18.4 Å². The number of anilines is 1. The summed E-state index contributed by atoms with van der Waals surface area (Å²) in [6, 6.07) is 10.4. The van der Waals surface area contributed by atoms with E-state index < -0.39 is 0 Å². The van der Waals surface area contributed by atoms with Crippen LogP contribution in [0.2, 0.25) is 0 Å². The van der Waals surface area contributed by atoms with E-state index in [-0.39, 0.29) is 0 Å². The number of benzene rings is 1. The highest BCUT2D eigenvalue weighted by molar-refractivity contribution is 5.48. The molecule has 0 amide bonds. The summed E-state index contributed by atoms with van der Waals surface area (Å²) in [5.74, 6) is 0. The van der Waals surface area contributed by atoms with Crippen LogP contribution in [0.25, 0.3) is 0 Å². The van der Waals surface area contributed by atoms with E-state index in [0.717, 1.165) is 25.1 Å². The Morgan fingerprint density at radius 3 is 2.78 bits per heavy atom. The Morgan fingerprint density at radius 2 is 2.06 bits per heavy atom. The normalized spacial score (nSPS) is 10.6. The van der Waals surface area contributed by atoms with Gasteiger partial charge in [0.2, 0.25) is 0 Å². The quantitative estimate of drug-likeness (QED) is 0.761. The molecule has 0 bridgehead atoms. The van der Waals surface area contributed by atoms with Crippen LogP contribution >= 0.6 is 0 Å². The second kappa shape index (κ2) is 6.21. The highest BCUT2D eigenvalue weighted by Crippen LogP contribution is 2.18. The van der Waals surface area contributed by atoms with Gasteiger partial charge in [-0.25, -0.2) is 0 Å². The largest absolute Gasteiger partial charge is 0.382 e. The predicted molar refractivity (Wildman–Crippen MR) is 74.6 cm³/mol. The van der Waals surface area contributed by atoms with Gasteiger partial charge in [0.05, 0.1) is 17.6 Å². The Balaban J connectivity index is 2.09. The number of aromatic nitrogens is 2. The molecule has 0 saturated carbocycles. The van der Waals surface area contributed by atoms with Crippen LogP contribution in [0.4, 0.5) is 5.69 Å². The molecule has 18 heavy (non-hydrogen) atoms. The van der Waals surface area contributed by atoms with Gasteiger partial charge >= 0.3 is 0 Å². The number of hydrogen-bond donors (Lipinski definition) is 2. The molecule has 96 valence electrons. The van der Waals surface area contributed by atoms with Crippen molar-refractivity contribution >= 4 is 5.69 Å². The summed E-state index contributed by atoms with van der Waals surface area (Å²) in [4.78, 5) is 0. The maximum atomic E-state index is 5.50. The SMILES string of the molecule is Cn1ncc(NCCCN)c1Cc1ccccc1. The van der Waals surface area contributed by atoms with E-state index in [1.54, 1.807) is 0 Å². The van der Waals surface area contributed by atoms with Crippen LogP contribution in [-0.2, 0) is 13.5 Å². The standard InChI is InChI=1S/C14H20N4/c1-18-14(10-12-6-3-2-4-7-12)13(11-17-18)16-9-5-8-15/h2-4,6-7,11,16H,5,8-10,15H2,1H3. The first kappa shape index (κ1) is 12.6. The van der Waals surface area contributed by atoms with E-state index >= 15 is 0 Å². The fourth-order valence-electron chi connectivity index (χ4n) is 1.93. The Labute approximate surface area is 108 Å². The van der Waals surface area contributed by atoms with E-state index in [1.165, 1.54) is 11.3 Å². The zero-order chi connectivity index (χ0) is 12.8. The third-order valence-corrected chi connectivity index (χ3v) is 2.97. The average molecular weight is 244 g/mol. The first-order valence-electron chi connectivity index (χ1n) is 6.30. The van der Waals surface area contributed by atoms with Crippen molar-refractivity contribution in [3.63, 3.8) is 0 Å². The maximum absolute atomic E-state index is 5.50. The Hall–Kier alpha value is -1.81. The molecule has 0 saturated heterocycles.